The Bertz CT molecular complexity index is 966. The van der Waals surface area contributed by atoms with E-state index in [4.69, 9.17) is 15.1 Å². The number of furan rings is 1. The van der Waals surface area contributed by atoms with Crippen LogP contribution >= 0.6 is 12.4 Å². The van der Waals surface area contributed by atoms with E-state index >= 15 is 0 Å². The Kier molecular flexibility index (Phi) is 5.23. The van der Waals surface area contributed by atoms with Crippen molar-refractivity contribution in [2.45, 2.75) is 13.8 Å². The lowest BCUT2D eigenvalue weighted by atomic mass is 10.1. The van der Waals surface area contributed by atoms with E-state index in [0.29, 0.717) is 43.7 Å². The number of halogens is 1. The first-order chi connectivity index (χ1) is 12.5. The predicted octanol–water partition coefficient (Wildman–Crippen LogP) is 2.81. The molecule has 4 rings (SSSR count). The van der Waals surface area contributed by atoms with Crippen molar-refractivity contribution in [3.8, 4) is 0 Å². The molecule has 142 valence electrons. The highest BCUT2D eigenvalue weighted by atomic mass is 35.5. The summed E-state index contributed by atoms with van der Waals surface area (Å²) in [5.41, 5.74) is 9.37. The molecule has 3 heterocycles. The molecule has 8 heteroatoms. The Morgan fingerprint density at radius 1 is 1.11 bits per heavy atom. The standard InChI is InChI=1S/C19H21N5O2.ClH/c1-12-10-14-15(11-13(12)2)21-19(22-17(14)20)24-7-5-23(6-8-24)18(25)16-4-3-9-26-16;/h3-4,9-11H,5-8H2,1-2H3,(H2,20,21,22);1H. The molecular weight excluding hydrogens is 366 g/mol. The molecule has 0 spiro atoms. The van der Waals surface area contributed by atoms with Crippen molar-refractivity contribution in [1.29, 1.82) is 0 Å². The van der Waals surface area contributed by atoms with E-state index in [1.54, 1.807) is 17.0 Å². The van der Waals surface area contributed by atoms with Gasteiger partial charge in [0.2, 0.25) is 5.95 Å². The molecule has 1 aromatic carbocycles. The van der Waals surface area contributed by atoms with Gasteiger partial charge in [0, 0.05) is 31.6 Å². The third-order valence-corrected chi connectivity index (χ3v) is 4.91. The average molecular weight is 388 g/mol. The number of fused-ring (bicyclic) bond motifs is 1. The number of nitrogens with zero attached hydrogens (tertiary/aromatic N) is 4. The predicted molar refractivity (Wildman–Crippen MR) is 107 cm³/mol. The highest BCUT2D eigenvalue weighted by Crippen LogP contribution is 2.25. The Morgan fingerprint density at radius 3 is 2.48 bits per heavy atom. The van der Waals surface area contributed by atoms with Gasteiger partial charge in [-0.2, -0.15) is 4.98 Å². The summed E-state index contributed by atoms with van der Waals surface area (Å²) in [4.78, 5) is 25.4. The number of benzene rings is 1. The van der Waals surface area contributed by atoms with Crippen LogP contribution in [0.3, 0.4) is 0 Å². The molecule has 2 aromatic heterocycles. The molecular formula is C19H22ClN5O2. The SMILES string of the molecule is Cc1cc2nc(N3CCN(C(=O)c4ccco4)CC3)nc(N)c2cc1C.Cl. The number of nitrogens with two attached hydrogens (primary N) is 1. The fourth-order valence-electron chi connectivity index (χ4n) is 3.21. The van der Waals surface area contributed by atoms with E-state index in [9.17, 15) is 4.79 Å². The van der Waals surface area contributed by atoms with Crippen LogP contribution in [0.4, 0.5) is 11.8 Å². The highest BCUT2D eigenvalue weighted by molar-refractivity contribution is 5.92. The number of nitrogen functional groups attached to an aromatic ring is 1. The number of anilines is 2. The normalized spacial score (nSPS) is 14.3. The van der Waals surface area contributed by atoms with E-state index in [1.165, 1.54) is 17.4 Å². The summed E-state index contributed by atoms with van der Waals surface area (Å²) in [5, 5.41) is 0.878. The third-order valence-electron chi connectivity index (χ3n) is 4.91. The van der Waals surface area contributed by atoms with Crippen molar-refractivity contribution < 1.29 is 9.21 Å². The lowest BCUT2D eigenvalue weighted by Gasteiger charge is -2.34. The zero-order chi connectivity index (χ0) is 18.3. The molecule has 7 nitrogen and oxygen atoms in total. The van der Waals surface area contributed by atoms with Gasteiger partial charge in [-0.1, -0.05) is 0 Å². The molecule has 2 N–H and O–H groups in total. The largest absolute Gasteiger partial charge is 0.459 e. The van der Waals surface area contributed by atoms with Gasteiger partial charge in [-0.05, 0) is 49.2 Å². The van der Waals surface area contributed by atoms with Crippen molar-refractivity contribution in [3.05, 3.63) is 47.4 Å². The van der Waals surface area contributed by atoms with Crippen LogP contribution in [0.25, 0.3) is 10.9 Å². The third kappa shape index (κ3) is 3.55. The van der Waals surface area contributed by atoms with E-state index in [-0.39, 0.29) is 18.3 Å². The molecule has 0 bridgehead atoms. The summed E-state index contributed by atoms with van der Waals surface area (Å²) in [6, 6.07) is 7.48. The summed E-state index contributed by atoms with van der Waals surface area (Å²) in [6.45, 7) is 6.61. The van der Waals surface area contributed by atoms with Gasteiger partial charge in [-0.15, -0.1) is 12.4 Å². The Balaban J connectivity index is 0.00000210. The zero-order valence-electron chi connectivity index (χ0n) is 15.3. The molecule has 3 aromatic rings. The van der Waals surface area contributed by atoms with Gasteiger partial charge in [-0.3, -0.25) is 4.79 Å². The van der Waals surface area contributed by atoms with E-state index < -0.39 is 0 Å². The minimum absolute atomic E-state index is 0. The van der Waals surface area contributed by atoms with Gasteiger partial charge in [-0.25, -0.2) is 4.98 Å². The summed E-state index contributed by atoms with van der Waals surface area (Å²) < 4.78 is 5.20. The second-order valence-corrected chi connectivity index (χ2v) is 6.62. The fourth-order valence-corrected chi connectivity index (χ4v) is 3.21. The van der Waals surface area contributed by atoms with E-state index in [2.05, 4.69) is 23.7 Å². The summed E-state index contributed by atoms with van der Waals surface area (Å²) in [6.07, 6.45) is 1.51. The van der Waals surface area contributed by atoms with Crippen molar-refractivity contribution in [1.82, 2.24) is 14.9 Å². The van der Waals surface area contributed by atoms with Crippen molar-refractivity contribution in [3.63, 3.8) is 0 Å². The zero-order valence-corrected chi connectivity index (χ0v) is 16.1. The number of carbonyl (C=O) groups excluding carboxylic acids is 1. The van der Waals surface area contributed by atoms with Gasteiger partial charge >= 0.3 is 0 Å². The van der Waals surface area contributed by atoms with Gasteiger partial charge in [0.25, 0.3) is 5.91 Å². The summed E-state index contributed by atoms with van der Waals surface area (Å²) in [7, 11) is 0. The minimum Gasteiger partial charge on any atom is -0.459 e. The summed E-state index contributed by atoms with van der Waals surface area (Å²) in [5.74, 6) is 1.39. The quantitative estimate of drug-likeness (QED) is 0.727. The number of aromatic nitrogens is 2. The van der Waals surface area contributed by atoms with Crippen LogP contribution < -0.4 is 10.6 Å². The second-order valence-electron chi connectivity index (χ2n) is 6.62. The van der Waals surface area contributed by atoms with E-state index in [1.807, 2.05) is 12.1 Å². The van der Waals surface area contributed by atoms with Gasteiger partial charge in [0.1, 0.15) is 5.82 Å². The molecule has 1 amide bonds. The van der Waals surface area contributed by atoms with Crippen LogP contribution in [0.15, 0.2) is 34.9 Å². The molecule has 0 saturated carbocycles. The van der Waals surface area contributed by atoms with E-state index in [0.717, 1.165) is 10.9 Å². The Labute approximate surface area is 163 Å². The maximum absolute atomic E-state index is 12.4. The molecule has 1 saturated heterocycles. The number of aryl methyl sites for hydroxylation is 2. The number of rotatable bonds is 2. The van der Waals surface area contributed by atoms with Gasteiger partial charge in [0.15, 0.2) is 5.76 Å². The van der Waals surface area contributed by atoms with Gasteiger partial charge < -0.3 is 20.0 Å². The lowest BCUT2D eigenvalue weighted by molar-refractivity contribution is 0.0714. The molecule has 0 radical (unpaired) electrons. The molecule has 1 aliphatic heterocycles. The van der Waals surface area contributed by atoms with Gasteiger partial charge in [0.05, 0.1) is 11.8 Å². The van der Waals surface area contributed by atoms with Crippen molar-refractivity contribution in [2.24, 2.45) is 0 Å². The van der Waals surface area contributed by atoms with Crippen molar-refractivity contribution in [2.75, 3.05) is 36.8 Å². The number of hydrogen-bond acceptors (Lipinski definition) is 6. The Morgan fingerprint density at radius 2 is 1.81 bits per heavy atom. The number of amides is 1. The number of piperazine rings is 1. The molecule has 1 aliphatic rings. The first-order valence-corrected chi connectivity index (χ1v) is 8.65. The fraction of sp³-hybridized carbons (Fsp3) is 0.316. The lowest BCUT2D eigenvalue weighted by Crippen LogP contribution is -2.49. The molecule has 0 unspecified atom stereocenters. The minimum atomic E-state index is -0.0836. The molecule has 0 atom stereocenters. The molecule has 0 aliphatic carbocycles. The maximum atomic E-state index is 12.4. The smallest absolute Gasteiger partial charge is 0.289 e. The van der Waals surface area contributed by atoms with Crippen molar-refractivity contribution >= 4 is 41.0 Å². The first-order valence-electron chi connectivity index (χ1n) is 8.65. The topological polar surface area (TPSA) is 88.5 Å². The number of hydrogen-bond donors (Lipinski definition) is 1. The van der Waals surface area contributed by atoms with Crippen LogP contribution in [0, 0.1) is 13.8 Å². The first kappa shape index (κ1) is 19.0. The maximum Gasteiger partial charge on any atom is 0.289 e. The van der Waals surface area contributed by atoms with Crippen LogP contribution in [-0.2, 0) is 0 Å². The number of carbonyl (C=O) groups is 1. The second kappa shape index (κ2) is 7.44. The van der Waals surface area contributed by atoms with Crippen LogP contribution in [-0.4, -0.2) is 47.0 Å². The summed E-state index contributed by atoms with van der Waals surface area (Å²) >= 11 is 0. The monoisotopic (exact) mass is 387 g/mol. The Hall–Kier alpha value is -2.80. The van der Waals surface area contributed by atoms with Crippen LogP contribution in [0.2, 0.25) is 0 Å². The van der Waals surface area contributed by atoms with Crippen LogP contribution in [0.5, 0.6) is 0 Å². The van der Waals surface area contributed by atoms with Crippen LogP contribution in [0.1, 0.15) is 21.7 Å². The molecule has 27 heavy (non-hydrogen) atoms. The average Bonchev–Trinajstić information content (AvgIpc) is 3.17. The highest BCUT2D eigenvalue weighted by Gasteiger charge is 2.25. The molecule has 1 fully saturated rings.